The lowest BCUT2D eigenvalue weighted by Crippen LogP contribution is -2.40. The molecule has 0 spiro atoms. The largest absolute Gasteiger partial charge is 0.481 e. The van der Waals surface area contributed by atoms with Crippen LogP contribution in [0.15, 0.2) is 54.6 Å². The van der Waals surface area contributed by atoms with Gasteiger partial charge in [0.1, 0.15) is 0 Å². The van der Waals surface area contributed by atoms with Crippen LogP contribution in [0.2, 0.25) is 0 Å². The zero-order valence-electron chi connectivity index (χ0n) is 17.5. The van der Waals surface area contributed by atoms with Crippen LogP contribution >= 0.6 is 0 Å². The number of alkyl halides is 6. The van der Waals surface area contributed by atoms with Gasteiger partial charge < -0.3 is 5.11 Å². The molecule has 2 aromatic carbocycles. The van der Waals surface area contributed by atoms with E-state index in [1.165, 1.54) is 24.3 Å². The summed E-state index contributed by atoms with van der Waals surface area (Å²) in [4.78, 5) is 13.2. The Bertz CT molecular complexity index is 964. The molecule has 0 amide bonds. The van der Waals surface area contributed by atoms with E-state index in [9.17, 15) is 36.2 Å². The third-order valence-corrected chi connectivity index (χ3v) is 5.59. The van der Waals surface area contributed by atoms with Gasteiger partial charge in [0.05, 0.1) is 11.1 Å². The Labute approximate surface area is 187 Å². The van der Waals surface area contributed by atoms with E-state index in [2.05, 4.69) is 0 Å². The summed E-state index contributed by atoms with van der Waals surface area (Å²) in [6, 6.07) is 9.63. The third kappa shape index (κ3) is 7.35. The van der Waals surface area contributed by atoms with E-state index < -0.39 is 29.4 Å². The van der Waals surface area contributed by atoms with Crippen molar-refractivity contribution in [3.63, 3.8) is 0 Å². The monoisotopic (exact) mass is 471 g/mol. The Morgan fingerprint density at radius 1 is 0.909 bits per heavy atom. The Morgan fingerprint density at radius 2 is 1.45 bits per heavy atom. The van der Waals surface area contributed by atoms with Crippen LogP contribution in [-0.4, -0.2) is 29.1 Å². The molecule has 1 heterocycles. The second-order valence-electron chi connectivity index (χ2n) is 8.33. The molecule has 2 aromatic rings. The van der Waals surface area contributed by atoms with Gasteiger partial charge in [-0.25, -0.2) is 0 Å². The Hall–Kier alpha value is -2.81. The number of benzene rings is 2. The average Bonchev–Trinajstić information content (AvgIpc) is 2.71. The van der Waals surface area contributed by atoms with Crippen LogP contribution in [0.3, 0.4) is 0 Å². The number of aliphatic carboxylic acids is 1. The van der Waals surface area contributed by atoms with Crippen LogP contribution in [-0.2, 0) is 23.7 Å². The van der Waals surface area contributed by atoms with Gasteiger partial charge >= 0.3 is 18.3 Å². The fourth-order valence-corrected chi connectivity index (χ4v) is 4.10. The number of likely N-dealkylation sites (tertiary alicyclic amines) is 1. The SMILES string of the molecule is O=C(O)C[C@@H]1C[C@H](/C=C/c2ccc(C(F)(F)F)cc2)CN(Cc2ccc(C(F)(F)F)cc2)C1. The molecule has 1 aliphatic rings. The quantitative estimate of drug-likeness (QED) is 0.499. The highest BCUT2D eigenvalue weighted by Gasteiger charge is 2.31. The van der Waals surface area contributed by atoms with Gasteiger partial charge in [-0.3, -0.25) is 9.69 Å². The van der Waals surface area contributed by atoms with E-state index in [-0.39, 0.29) is 18.3 Å². The van der Waals surface area contributed by atoms with Gasteiger partial charge in [-0.05, 0) is 53.6 Å². The maximum absolute atomic E-state index is 12.8. The van der Waals surface area contributed by atoms with Crippen molar-refractivity contribution in [2.24, 2.45) is 11.8 Å². The molecule has 178 valence electrons. The first-order chi connectivity index (χ1) is 15.4. The van der Waals surface area contributed by atoms with Crippen molar-refractivity contribution in [1.82, 2.24) is 4.90 Å². The van der Waals surface area contributed by atoms with Gasteiger partial charge in [-0.15, -0.1) is 0 Å². The van der Waals surface area contributed by atoms with E-state index in [4.69, 9.17) is 0 Å². The number of hydrogen-bond donors (Lipinski definition) is 1. The molecule has 1 fully saturated rings. The average molecular weight is 471 g/mol. The Balaban J connectivity index is 1.70. The van der Waals surface area contributed by atoms with E-state index in [0.29, 0.717) is 37.2 Å². The molecule has 3 rings (SSSR count). The molecule has 9 heteroatoms. The van der Waals surface area contributed by atoms with Crippen molar-refractivity contribution < 1.29 is 36.2 Å². The van der Waals surface area contributed by atoms with Crippen molar-refractivity contribution in [3.8, 4) is 0 Å². The molecule has 0 radical (unpaired) electrons. The molecular weight excluding hydrogens is 448 g/mol. The topological polar surface area (TPSA) is 40.5 Å². The number of piperidine rings is 1. The molecule has 0 aliphatic carbocycles. The van der Waals surface area contributed by atoms with Crippen molar-refractivity contribution >= 4 is 12.0 Å². The highest BCUT2D eigenvalue weighted by Crippen LogP contribution is 2.31. The summed E-state index contributed by atoms with van der Waals surface area (Å²) in [7, 11) is 0. The highest BCUT2D eigenvalue weighted by atomic mass is 19.4. The summed E-state index contributed by atoms with van der Waals surface area (Å²) in [5, 5.41) is 9.20. The lowest BCUT2D eigenvalue weighted by Gasteiger charge is -2.36. The van der Waals surface area contributed by atoms with E-state index >= 15 is 0 Å². The normalized spacial score (nSPS) is 20.3. The Morgan fingerprint density at radius 3 is 1.97 bits per heavy atom. The van der Waals surface area contributed by atoms with Crippen LogP contribution in [0, 0.1) is 11.8 Å². The zero-order chi connectivity index (χ0) is 24.2. The van der Waals surface area contributed by atoms with Gasteiger partial charge in [0.2, 0.25) is 0 Å². The standard InChI is InChI=1S/C24H23F6NO2/c25-23(26,27)20-7-3-16(4-8-20)1-2-18-11-19(12-22(32)33)15-31(14-18)13-17-5-9-21(10-6-17)24(28,29)30/h1-10,18-19H,11-15H2,(H,32,33)/b2-1+/t18-,19-/m0/s1. The minimum absolute atomic E-state index is 0.0336. The van der Waals surface area contributed by atoms with Crippen LogP contribution < -0.4 is 0 Å². The first kappa shape index (κ1) is 24.8. The minimum Gasteiger partial charge on any atom is -0.481 e. The molecule has 2 atom stereocenters. The summed E-state index contributed by atoms with van der Waals surface area (Å²) in [6.07, 6.45) is -4.68. The smallest absolute Gasteiger partial charge is 0.416 e. The van der Waals surface area contributed by atoms with Crippen LogP contribution in [0.25, 0.3) is 6.08 Å². The van der Waals surface area contributed by atoms with Gasteiger partial charge in [0.25, 0.3) is 0 Å². The van der Waals surface area contributed by atoms with Gasteiger partial charge in [0, 0.05) is 26.1 Å². The van der Waals surface area contributed by atoms with Crippen molar-refractivity contribution in [2.75, 3.05) is 13.1 Å². The Kier molecular flexibility index (Phi) is 7.51. The molecule has 1 aliphatic heterocycles. The molecule has 3 nitrogen and oxygen atoms in total. The summed E-state index contributed by atoms with van der Waals surface area (Å²) in [5.74, 6) is -1.12. The fourth-order valence-electron chi connectivity index (χ4n) is 4.10. The van der Waals surface area contributed by atoms with Gasteiger partial charge in [0.15, 0.2) is 0 Å². The second-order valence-corrected chi connectivity index (χ2v) is 8.33. The molecule has 0 saturated carbocycles. The highest BCUT2D eigenvalue weighted by molar-refractivity contribution is 5.67. The minimum atomic E-state index is -4.41. The van der Waals surface area contributed by atoms with Crippen molar-refractivity contribution in [1.29, 1.82) is 0 Å². The molecule has 33 heavy (non-hydrogen) atoms. The second kappa shape index (κ2) is 9.99. The van der Waals surface area contributed by atoms with Gasteiger partial charge in [-0.2, -0.15) is 26.3 Å². The lowest BCUT2D eigenvalue weighted by atomic mass is 9.86. The number of carboxylic acid groups (broad SMARTS) is 1. The summed E-state index contributed by atoms with van der Waals surface area (Å²) in [5.41, 5.74) is -0.186. The molecule has 1 N–H and O–H groups in total. The summed E-state index contributed by atoms with van der Waals surface area (Å²) in [6.45, 7) is 1.44. The number of nitrogens with zero attached hydrogens (tertiary/aromatic N) is 1. The van der Waals surface area contributed by atoms with Crippen LogP contribution in [0.1, 0.15) is 35.1 Å². The predicted molar refractivity (Wildman–Crippen MR) is 111 cm³/mol. The predicted octanol–water partition coefficient (Wildman–Crippen LogP) is 6.35. The maximum atomic E-state index is 12.8. The van der Waals surface area contributed by atoms with E-state index in [1.807, 2.05) is 11.0 Å². The first-order valence-electron chi connectivity index (χ1n) is 10.4. The molecule has 0 unspecified atom stereocenters. The van der Waals surface area contributed by atoms with Crippen molar-refractivity contribution in [2.45, 2.75) is 31.7 Å². The molecule has 1 saturated heterocycles. The summed E-state index contributed by atoms with van der Waals surface area (Å²) >= 11 is 0. The maximum Gasteiger partial charge on any atom is 0.416 e. The van der Waals surface area contributed by atoms with Crippen LogP contribution in [0.4, 0.5) is 26.3 Å². The molecule has 0 aromatic heterocycles. The van der Waals surface area contributed by atoms with Crippen LogP contribution in [0.5, 0.6) is 0 Å². The number of carbonyl (C=O) groups is 1. The molecular formula is C24H23F6NO2. The van der Waals surface area contributed by atoms with E-state index in [1.54, 1.807) is 6.08 Å². The number of hydrogen-bond acceptors (Lipinski definition) is 2. The first-order valence-corrected chi connectivity index (χ1v) is 10.4. The lowest BCUT2D eigenvalue weighted by molar-refractivity contribution is -0.139. The van der Waals surface area contributed by atoms with E-state index in [0.717, 1.165) is 24.3 Å². The van der Waals surface area contributed by atoms with Crippen molar-refractivity contribution in [3.05, 3.63) is 76.9 Å². The number of rotatable bonds is 6. The zero-order valence-corrected chi connectivity index (χ0v) is 17.5. The number of halogens is 6. The third-order valence-electron chi connectivity index (χ3n) is 5.59. The number of carboxylic acids is 1. The molecule has 0 bridgehead atoms. The fraction of sp³-hybridized carbons (Fsp3) is 0.375. The van der Waals surface area contributed by atoms with Gasteiger partial charge in [-0.1, -0.05) is 36.4 Å². The summed E-state index contributed by atoms with van der Waals surface area (Å²) < 4.78 is 76.5.